The molecule has 0 spiro atoms. The largest absolute Gasteiger partial charge is 0.488 e. The third kappa shape index (κ3) is 7.90. The number of hydrogen-bond acceptors (Lipinski definition) is 9. The Morgan fingerprint density at radius 3 is 1.93 bits per heavy atom. The van der Waals surface area contributed by atoms with E-state index in [0.717, 1.165) is 92.4 Å². The number of amides is 4. The molecule has 11 nitrogen and oxygen atoms in total. The van der Waals surface area contributed by atoms with E-state index in [-0.39, 0.29) is 18.7 Å². The van der Waals surface area contributed by atoms with Crippen LogP contribution in [-0.4, -0.2) is 102 Å². The summed E-state index contributed by atoms with van der Waals surface area (Å²) < 4.78 is 0. The average molecular weight is 766 g/mol. The van der Waals surface area contributed by atoms with Gasteiger partial charge in [-0.3, -0.25) is 34.3 Å². The number of nitrogens with one attached hydrogen (secondary N) is 1. The summed E-state index contributed by atoms with van der Waals surface area (Å²) in [5, 5.41) is 21.6. The highest BCUT2D eigenvalue weighted by molar-refractivity contribution is 6.58. The van der Waals surface area contributed by atoms with Crippen LogP contribution in [0.3, 0.4) is 0 Å². The number of benzene rings is 4. The molecule has 4 aromatic rings. The molecule has 8 rings (SSSR count). The van der Waals surface area contributed by atoms with Crippen molar-refractivity contribution in [3.63, 3.8) is 0 Å². The molecule has 57 heavy (non-hydrogen) atoms. The molecule has 1 unspecified atom stereocenters. The summed E-state index contributed by atoms with van der Waals surface area (Å²) in [6.45, 7) is 8.69. The van der Waals surface area contributed by atoms with E-state index >= 15 is 0 Å². The second-order valence-electron chi connectivity index (χ2n) is 15.5. The lowest BCUT2D eigenvalue weighted by atomic mass is 9.79. The van der Waals surface area contributed by atoms with Crippen molar-refractivity contribution < 1.29 is 29.2 Å². The normalized spacial score (nSPS) is 19.8. The number of rotatable bonds is 10. The minimum Gasteiger partial charge on any atom is -0.423 e. The fourth-order valence-corrected chi connectivity index (χ4v) is 8.92. The van der Waals surface area contributed by atoms with Gasteiger partial charge in [-0.2, -0.15) is 0 Å². The first-order valence-corrected chi connectivity index (χ1v) is 20.1. The molecule has 3 fully saturated rings. The van der Waals surface area contributed by atoms with Crippen LogP contribution in [0, 0.1) is 5.92 Å². The molecule has 12 heteroatoms. The number of nitrogens with zero attached hydrogens (tertiary/aromatic N) is 4. The van der Waals surface area contributed by atoms with Gasteiger partial charge in [0.2, 0.25) is 11.8 Å². The molecule has 3 saturated heterocycles. The van der Waals surface area contributed by atoms with Gasteiger partial charge in [0.25, 0.3) is 11.8 Å². The minimum absolute atomic E-state index is 0.0966. The van der Waals surface area contributed by atoms with Crippen LogP contribution in [0.15, 0.2) is 97.1 Å². The second kappa shape index (κ2) is 16.5. The van der Waals surface area contributed by atoms with Crippen molar-refractivity contribution in [3.8, 4) is 0 Å². The predicted octanol–water partition coefficient (Wildman–Crippen LogP) is 4.18. The molecular formula is C45H48BN5O6. The van der Waals surface area contributed by atoms with Crippen LogP contribution in [0.4, 0.5) is 11.4 Å². The van der Waals surface area contributed by atoms with Crippen LogP contribution < -0.4 is 20.6 Å². The van der Waals surface area contributed by atoms with E-state index in [1.807, 2.05) is 24.3 Å². The zero-order valence-electron chi connectivity index (χ0n) is 32.3. The average Bonchev–Trinajstić information content (AvgIpc) is 3.48. The SMILES string of the molecule is CC/C(=C(/c1ccc(B(O)O)cc1)c1ccc(N2CCC(CN3CCN(c4ccc5c(c4)C(=O)N(C4CCC(=O)NC4=O)C5=O)CC3)CC2)cc1)c1ccccc1. The number of fused-ring (bicyclic) bond motifs is 1. The van der Waals surface area contributed by atoms with Crippen molar-refractivity contribution in [1.29, 1.82) is 0 Å². The molecule has 4 aliphatic rings. The Balaban J connectivity index is 0.866. The van der Waals surface area contributed by atoms with Crippen molar-refractivity contribution in [1.82, 2.24) is 15.1 Å². The lowest BCUT2D eigenvalue weighted by molar-refractivity contribution is -0.136. The summed E-state index contributed by atoms with van der Waals surface area (Å²) in [6.07, 6.45) is 3.32. The molecule has 3 N–H and O–H groups in total. The number of allylic oxidation sites excluding steroid dienone is 1. The van der Waals surface area contributed by atoms with Gasteiger partial charge in [-0.25, -0.2) is 0 Å². The Labute approximate surface area is 333 Å². The van der Waals surface area contributed by atoms with Crippen LogP contribution >= 0.6 is 0 Å². The number of imide groups is 2. The lowest BCUT2D eigenvalue weighted by Crippen LogP contribution is -2.54. The monoisotopic (exact) mass is 765 g/mol. The van der Waals surface area contributed by atoms with Gasteiger partial charge in [0.05, 0.1) is 11.1 Å². The first-order chi connectivity index (χ1) is 27.7. The van der Waals surface area contributed by atoms with Gasteiger partial charge in [0.1, 0.15) is 6.04 Å². The van der Waals surface area contributed by atoms with Crippen molar-refractivity contribution in [2.45, 2.75) is 45.1 Å². The van der Waals surface area contributed by atoms with Crippen molar-refractivity contribution >= 4 is 58.7 Å². The molecule has 292 valence electrons. The quantitative estimate of drug-likeness (QED) is 0.124. The highest BCUT2D eigenvalue weighted by atomic mass is 16.4. The number of carbonyl (C=O) groups excluding carboxylic acids is 4. The Kier molecular flexibility index (Phi) is 11.1. The van der Waals surface area contributed by atoms with Gasteiger partial charge in [-0.1, -0.05) is 73.7 Å². The van der Waals surface area contributed by atoms with Crippen LogP contribution in [0.25, 0.3) is 11.1 Å². The first kappa shape index (κ1) is 38.3. The third-order valence-electron chi connectivity index (χ3n) is 12.1. The topological polar surface area (TPSA) is 134 Å². The molecule has 0 aliphatic carbocycles. The van der Waals surface area contributed by atoms with Gasteiger partial charge < -0.3 is 19.8 Å². The summed E-state index contributed by atoms with van der Waals surface area (Å²) in [7, 11) is -1.51. The highest BCUT2D eigenvalue weighted by Gasteiger charge is 2.45. The number of hydrogen-bond donors (Lipinski definition) is 3. The van der Waals surface area contributed by atoms with Gasteiger partial charge in [-0.15, -0.1) is 0 Å². The molecule has 4 amide bonds. The Morgan fingerprint density at radius 2 is 1.30 bits per heavy atom. The molecule has 0 saturated carbocycles. The van der Waals surface area contributed by atoms with Crippen LogP contribution in [0.5, 0.6) is 0 Å². The van der Waals surface area contributed by atoms with Crippen LogP contribution in [-0.2, 0) is 9.59 Å². The molecular weight excluding hydrogens is 717 g/mol. The summed E-state index contributed by atoms with van der Waals surface area (Å²) in [5.74, 6) is -1.33. The maximum Gasteiger partial charge on any atom is 0.488 e. The summed E-state index contributed by atoms with van der Waals surface area (Å²) in [4.78, 5) is 58.9. The van der Waals surface area contributed by atoms with Crippen molar-refractivity contribution in [2.24, 2.45) is 5.92 Å². The summed E-state index contributed by atoms with van der Waals surface area (Å²) in [6, 6.07) is 31.2. The Bertz CT molecular complexity index is 2180. The molecule has 4 heterocycles. The molecule has 0 aromatic heterocycles. The number of anilines is 2. The van der Waals surface area contributed by atoms with Gasteiger partial charge in [-0.05, 0) is 95.2 Å². The standard InChI is InChI=1S/C45H48BN5O6/c1-2-37(31-6-4-3-5-7-31)42(32-8-12-34(13-9-32)46(56)57)33-10-14-35(15-11-33)49-22-20-30(21-23-49)29-48-24-26-50(27-25-48)36-16-17-38-39(28-36)45(55)51(44(38)54)40-18-19-41(52)47-43(40)53/h3-17,28,30,40,56-57H,2,18-27,29H2,1H3,(H,47,52,53)/b42-37+. The predicted molar refractivity (Wildman–Crippen MR) is 222 cm³/mol. The first-order valence-electron chi connectivity index (χ1n) is 20.1. The van der Waals surface area contributed by atoms with Crippen molar-refractivity contribution in [3.05, 3.63) is 125 Å². The smallest absolute Gasteiger partial charge is 0.423 e. The number of carbonyl (C=O) groups is 4. The fourth-order valence-electron chi connectivity index (χ4n) is 8.92. The Morgan fingerprint density at radius 1 is 0.684 bits per heavy atom. The van der Waals surface area contributed by atoms with E-state index in [1.165, 1.54) is 16.8 Å². The molecule has 1 atom stereocenters. The van der Waals surface area contributed by atoms with E-state index < -0.39 is 30.9 Å². The van der Waals surface area contributed by atoms with Crippen molar-refractivity contribution in [2.75, 3.05) is 55.6 Å². The maximum absolute atomic E-state index is 13.4. The molecule has 0 bridgehead atoms. The van der Waals surface area contributed by atoms with Gasteiger partial charge in [0, 0.05) is 63.6 Å². The molecule has 4 aromatic carbocycles. The van der Waals surface area contributed by atoms with E-state index in [9.17, 15) is 29.2 Å². The third-order valence-corrected chi connectivity index (χ3v) is 12.1. The zero-order chi connectivity index (χ0) is 39.6. The Hall–Kier alpha value is -5.56. The van der Waals surface area contributed by atoms with E-state index in [4.69, 9.17) is 0 Å². The van der Waals surface area contributed by atoms with E-state index in [2.05, 4.69) is 75.5 Å². The second-order valence-corrected chi connectivity index (χ2v) is 15.5. The zero-order valence-corrected chi connectivity index (χ0v) is 32.3. The number of piperidine rings is 2. The highest BCUT2D eigenvalue weighted by Crippen LogP contribution is 2.36. The summed E-state index contributed by atoms with van der Waals surface area (Å²) >= 11 is 0. The van der Waals surface area contributed by atoms with E-state index in [0.29, 0.717) is 22.5 Å². The maximum atomic E-state index is 13.4. The molecule has 4 aliphatic heterocycles. The van der Waals surface area contributed by atoms with E-state index in [1.54, 1.807) is 24.3 Å². The van der Waals surface area contributed by atoms with Crippen LogP contribution in [0.2, 0.25) is 0 Å². The van der Waals surface area contributed by atoms with Gasteiger partial charge in [0.15, 0.2) is 0 Å². The van der Waals surface area contributed by atoms with Gasteiger partial charge >= 0.3 is 7.12 Å². The molecule has 0 radical (unpaired) electrons. The summed E-state index contributed by atoms with van der Waals surface area (Å²) in [5.41, 5.74) is 8.91. The number of piperazine rings is 1. The van der Waals surface area contributed by atoms with Crippen LogP contribution in [0.1, 0.15) is 76.4 Å². The lowest BCUT2D eigenvalue weighted by Gasteiger charge is -2.40. The minimum atomic E-state index is -1.51. The fraction of sp³-hybridized carbons (Fsp3) is 0.333.